The normalized spacial score (nSPS) is 13.7. The number of aryl methyl sites for hydroxylation is 1. The van der Waals surface area contributed by atoms with E-state index in [-0.39, 0.29) is 5.82 Å². The highest BCUT2D eigenvalue weighted by Gasteiger charge is 2.11. The van der Waals surface area contributed by atoms with E-state index in [1.54, 1.807) is 6.20 Å². The Bertz CT molecular complexity index is 631. The molecule has 0 saturated heterocycles. The predicted octanol–water partition coefficient (Wildman–Crippen LogP) is 3.05. The standard InChI is InChI=1S/C14H11N3S/c15-9-14-16-6-5-12(17-14)10-3-4-13-11(8-10)2-1-7-18-13/h3-6,8H,1-2,7H2. The van der Waals surface area contributed by atoms with Gasteiger partial charge >= 0.3 is 0 Å². The number of rotatable bonds is 1. The molecule has 0 aliphatic carbocycles. The lowest BCUT2D eigenvalue weighted by Gasteiger charge is -2.15. The molecular formula is C14H11N3S. The van der Waals surface area contributed by atoms with Gasteiger partial charge in [0.15, 0.2) is 0 Å². The first-order chi connectivity index (χ1) is 8.86. The van der Waals surface area contributed by atoms with Gasteiger partial charge in [0.05, 0.1) is 5.69 Å². The Morgan fingerprint density at radius 2 is 2.22 bits per heavy atom. The molecule has 0 saturated carbocycles. The molecule has 1 aliphatic heterocycles. The quantitative estimate of drug-likeness (QED) is 0.783. The fourth-order valence-corrected chi connectivity index (χ4v) is 3.11. The summed E-state index contributed by atoms with van der Waals surface area (Å²) in [6.45, 7) is 0. The van der Waals surface area contributed by atoms with Crippen LogP contribution in [-0.4, -0.2) is 15.7 Å². The number of hydrogen-bond acceptors (Lipinski definition) is 4. The minimum atomic E-state index is 0.222. The van der Waals surface area contributed by atoms with Crippen LogP contribution < -0.4 is 0 Å². The van der Waals surface area contributed by atoms with Crippen molar-refractivity contribution in [2.45, 2.75) is 17.7 Å². The molecule has 0 atom stereocenters. The third-order valence-corrected chi connectivity index (χ3v) is 4.16. The van der Waals surface area contributed by atoms with Gasteiger partial charge in [-0.3, -0.25) is 0 Å². The van der Waals surface area contributed by atoms with Crippen LogP contribution >= 0.6 is 11.8 Å². The highest BCUT2D eigenvalue weighted by molar-refractivity contribution is 7.99. The zero-order valence-electron chi connectivity index (χ0n) is 9.76. The fourth-order valence-electron chi connectivity index (χ4n) is 2.09. The first-order valence-electron chi connectivity index (χ1n) is 5.86. The number of hydrogen-bond donors (Lipinski definition) is 0. The van der Waals surface area contributed by atoms with Crippen molar-refractivity contribution in [3.8, 4) is 17.3 Å². The molecule has 2 aromatic rings. The number of benzene rings is 1. The zero-order chi connectivity index (χ0) is 12.4. The number of aromatic nitrogens is 2. The Kier molecular flexibility index (Phi) is 2.99. The van der Waals surface area contributed by atoms with E-state index in [4.69, 9.17) is 5.26 Å². The first kappa shape index (κ1) is 11.2. The highest BCUT2D eigenvalue weighted by Crippen LogP contribution is 2.32. The summed E-state index contributed by atoms with van der Waals surface area (Å²) in [4.78, 5) is 9.50. The Labute approximate surface area is 110 Å². The van der Waals surface area contributed by atoms with Crippen molar-refractivity contribution in [2.24, 2.45) is 0 Å². The summed E-state index contributed by atoms with van der Waals surface area (Å²) in [5, 5.41) is 8.82. The average molecular weight is 253 g/mol. The van der Waals surface area contributed by atoms with Crippen LogP contribution in [-0.2, 0) is 6.42 Å². The van der Waals surface area contributed by atoms with Crippen LogP contribution in [0.15, 0.2) is 35.4 Å². The van der Waals surface area contributed by atoms with Crippen molar-refractivity contribution in [1.29, 1.82) is 5.26 Å². The maximum Gasteiger partial charge on any atom is 0.232 e. The molecule has 0 spiro atoms. The largest absolute Gasteiger partial charge is 0.232 e. The smallest absolute Gasteiger partial charge is 0.227 e. The van der Waals surface area contributed by atoms with Crippen LogP contribution in [0.25, 0.3) is 11.3 Å². The Hall–Kier alpha value is -1.86. The molecule has 2 heterocycles. The minimum Gasteiger partial charge on any atom is -0.227 e. The van der Waals surface area contributed by atoms with E-state index in [0.29, 0.717) is 0 Å². The molecule has 0 bridgehead atoms. The van der Waals surface area contributed by atoms with Crippen LogP contribution in [0.2, 0.25) is 0 Å². The molecule has 3 rings (SSSR count). The van der Waals surface area contributed by atoms with Crippen LogP contribution in [0.5, 0.6) is 0 Å². The van der Waals surface area contributed by atoms with E-state index in [1.165, 1.54) is 22.6 Å². The van der Waals surface area contributed by atoms with Gasteiger partial charge in [0.1, 0.15) is 6.07 Å². The van der Waals surface area contributed by atoms with Crippen LogP contribution in [0.4, 0.5) is 0 Å². The molecule has 0 radical (unpaired) electrons. The van der Waals surface area contributed by atoms with Gasteiger partial charge in [0.25, 0.3) is 0 Å². The molecular weight excluding hydrogens is 242 g/mol. The van der Waals surface area contributed by atoms with Crippen molar-refractivity contribution >= 4 is 11.8 Å². The summed E-state index contributed by atoms with van der Waals surface area (Å²) < 4.78 is 0. The van der Waals surface area contributed by atoms with Gasteiger partial charge in [-0.15, -0.1) is 11.8 Å². The van der Waals surface area contributed by atoms with Gasteiger partial charge in [-0.25, -0.2) is 9.97 Å². The van der Waals surface area contributed by atoms with E-state index in [1.807, 2.05) is 23.9 Å². The molecule has 0 unspecified atom stereocenters. The lowest BCUT2D eigenvalue weighted by atomic mass is 10.0. The van der Waals surface area contributed by atoms with Gasteiger partial charge in [0, 0.05) is 16.7 Å². The maximum atomic E-state index is 8.82. The topological polar surface area (TPSA) is 49.6 Å². The molecule has 0 fully saturated rings. The Balaban J connectivity index is 2.04. The third-order valence-electron chi connectivity index (χ3n) is 2.96. The second-order valence-corrected chi connectivity index (χ2v) is 5.29. The SMILES string of the molecule is N#Cc1nccc(-c2ccc3c(c2)CCCS3)n1. The van der Waals surface area contributed by atoms with Crippen molar-refractivity contribution in [2.75, 3.05) is 5.75 Å². The summed E-state index contributed by atoms with van der Waals surface area (Å²) in [5.74, 6) is 1.43. The summed E-state index contributed by atoms with van der Waals surface area (Å²) in [6, 6.07) is 10.2. The summed E-state index contributed by atoms with van der Waals surface area (Å²) >= 11 is 1.92. The second kappa shape index (κ2) is 4.79. The van der Waals surface area contributed by atoms with Crippen LogP contribution in [0.3, 0.4) is 0 Å². The Morgan fingerprint density at radius 1 is 1.28 bits per heavy atom. The van der Waals surface area contributed by atoms with Crippen LogP contribution in [0, 0.1) is 11.3 Å². The van der Waals surface area contributed by atoms with Gasteiger partial charge < -0.3 is 0 Å². The lowest BCUT2D eigenvalue weighted by molar-refractivity contribution is 0.890. The molecule has 1 aromatic carbocycles. The molecule has 4 heteroatoms. The van der Waals surface area contributed by atoms with Crippen molar-refractivity contribution in [1.82, 2.24) is 9.97 Å². The molecule has 18 heavy (non-hydrogen) atoms. The first-order valence-corrected chi connectivity index (χ1v) is 6.84. The number of nitrogens with zero attached hydrogens (tertiary/aromatic N) is 3. The lowest BCUT2D eigenvalue weighted by Crippen LogP contribution is -1.99. The second-order valence-electron chi connectivity index (χ2n) is 4.15. The average Bonchev–Trinajstić information content (AvgIpc) is 2.47. The maximum absolute atomic E-state index is 8.82. The summed E-state index contributed by atoms with van der Waals surface area (Å²) in [5.41, 5.74) is 3.27. The molecule has 0 amide bonds. The summed E-state index contributed by atoms with van der Waals surface area (Å²) in [6.07, 6.45) is 4.00. The fraction of sp³-hybridized carbons (Fsp3) is 0.214. The van der Waals surface area contributed by atoms with Crippen molar-refractivity contribution in [3.63, 3.8) is 0 Å². The van der Waals surface area contributed by atoms with Crippen molar-refractivity contribution in [3.05, 3.63) is 41.9 Å². The van der Waals surface area contributed by atoms with Gasteiger partial charge in [-0.2, -0.15) is 5.26 Å². The Morgan fingerprint density at radius 3 is 3.11 bits per heavy atom. The number of fused-ring (bicyclic) bond motifs is 1. The van der Waals surface area contributed by atoms with E-state index < -0.39 is 0 Å². The zero-order valence-corrected chi connectivity index (χ0v) is 10.6. The molecule has 3 nitrogen and oxygen atoms in total. The molecule has 1 aromatic heterocycles. The summed E-state index contributed by atoms with van der Waals surface area (Å²) in [7, 11) is 0. The van der Waals surface area contributed by atoms with E-state index >= 15 is 0 Å². The number of thioether (sulfide) groups is 1. The molecule has 0 N–H and O–H groups in total. The van der Waals surface area contributed by atoms with Gasteiger partial charge in [-0.05, 0) is 42.4 Å². The molecule has 1 aliphatic rings. The highest BCUT2D eigenvalue weighted by atomic mass is 32.2. The van der Waals surface area contributed by atoms with Gasteiger partial charge in [-0.1, -0.05) is 6.07 Å². The minimum absolute atomic E-state index is 0.222. The molecule has 88 valence electrons. The third kappa shape index (κ3) is 2.09. The van der Waals surface area contributed by atoms with Gasteiger partial charge in [0.2, 0.25) is 5.82 Å². The van der Waals surface area contributed by atoms with Crippen LogP contribution in [0.1, 0.15) is 17.8 Å². The monoisotopic (exact) mass is 253 g/mol. The van der Waals surface area contributed by atoms with E-state index in [2.05, 4.69) is 28.2 Å². The van der Waals surface area contributed by atoms with Crippen molar-refractivity contribution < 1.29 is 0 Å². The predicted molar refractivity (Wildman–Crippen MR) is 71.2 cm³/mol. The van der Waals surface area contributed by atoms with E-state index in [9.17, 15) is 0 Å². The number of nitriles is 1. The van der Waals surface area contributed by atoms with E-state index in [0.717, 1.165) is 17.7 Å².